The van der Waals surface area contributed by atoms with Gasteiger partial charge < -0.3 is 14.8 Å². The molecule has 0 spiro atoms. The molecule has 8 nitrogen and oxygen atoms in total. The number of hydrogen-bond donors (Lipinski definition) is 2. The summed E-state index contributed by atoms with van der Waals surface area (Å²) in [6.45, 7) is -0.0884. The molecule has 0 aliphatic rings. The van der Waals surface area contributed by atoms with Gasteiger partial charge in [0.25, 0.3) is 0 Å². The Bertz CT molecular complexity index is 1180. The van der Waals surface area contributed by atoms with E-state index in [-0.39, 0.29) is 17.7 Å². The molecule has 0 saturated heterocycles. The number of carboxylic acid groups (broad SMARTS) is 1. The van der Waals surface area contributed by atoms with Crippen molar-refractivity contribution in [3.8, 4) is 16.9 Å². The van der Waals surface area contributed by atoms with Crippen molar-refractivity contribution >= 4 is 17.1 Å². The summed E-state index contributed by atoms with van der Waals surface area (Å²) in [6.07, 6.45) is 0.591. The van der Waals surface area contributed by atoms with Crippen LogP contribution in [0.3, 0.4) is 0 Å². The number of benzene rings is 2. The minimum atomic E-state index is -1.19. The van der Waals surface area contributed by atoms with Crippen molar-refractivity contribution < 1.29 is 14.3 Å². The molecule has 2 heterocycles. The molecule has 2 aromatic heterocycles. The Morgan fingerprint density at radius 3 is 2.74 bits per heavy atom. The predicted molar refractivity (Wildman–Crippen MR) is 97.7 cm³/mol. The van der Waals surface area contributed by atoms with Gasteiger partial charge in [-0.1, -0.05) is 29.5 Å². The zero-order chi connectivity index (χ0) is 18.8. The first kappa shape index (κ1) is 16.5. The van der Waals surface area contributed by atoms with Gasteiger partial charge in [-0.15, -0.1) is 5.10 Å². The minimum absolute atomic E-state index is 0.0884. The number of hydrogen-bond acceptors (Lipinski definition) is 5. The molecular weight excluding hydrogens is 348 g/mol. The van der Waals surface area contributed by atoms with Crippen LogP contribution in [0.4, 0.5) is 4.79 Å². The summed E-state index contributed by atoms with van der Waals surface area (Å²) in [4.78, 5) is 22.8. The average Bonchev–Trinajstić information content (AvgIpc) is 3.17. The van der Waals surface area contributed by atoms with E-state index in [0.717, 1.165) is 11.3 Å². The van der Waals surface area contributed by atoms with Gasteiger partial charge in [-0.25, -0.2) is 9.48 Å². The molecule has 1 amide bonds. The third-order valence-corrected chi connectivity index (χ3v) is 4.00. The SMILES string of the molecule is O=C(O)NCc1cc(=O)c2ccc(-c3cn(-c4ccccc4)nn3)cc2o1. The average molecular weight is 362 g/mol. The number of nitrogens with one attached hydrogen (secondary N) is 1. The summed E-state index contributed by atoms with van der Waals surface area (Å²) < 4.78 is 7.32. The molecule has 0 saturated carbocycles. The molecule has 0 atom stereocenters. The van der Waals surface area contributed by atoms with Crippen LogP contribution in [-0.4, -0.2) is 26.2 Å². The summed E-state index contributed by atoms with van der Waals surface area (Å²) in [5.74, 6) is 0.236. The highest BCUT2D eigenvalue weighted by molar-refractivity contribution is 5.81. The van der Waals surface area contributed by atoms with Crippen LogP contribution in [0.1, 0.15) is 5.76 Å². The highest BCUT2D eigenvalue weighted by atomic mass is 16.4. The van der Waals surface area contributed by atoms with E-state index in [9.17, 15) is 9.59 Å². The van der Waals surface area contributed by atoms with Crippen LogP contribution in [-0.2, 0) is 6.54 Å². The van der Waals surface area contributed by atoms with Gasteiger partial charge >= 0.3 is 6.09 Å². The standard InChI is InChI=1S/C19H14N4O4/c24-17-9-14(10-20-19(25)26)27-18-8-12(6-7-15(17)18)16-11-23(22-21-16)13-4-2-1-3-5-13/h1-9,11,20H,10H2,(H,25,26). The highest BCUT2D eigenvalue weighted by Gasteiger charge is 2.10. The van der Waals surface area contributed by atoms with Gasteiger partial charge in [0, 0.05) is 11.6 Å². The fraction of sp³-hybridized carbons (Fsp3) is 0.0526. The van der Waals surface area contributed by atoms with E-state index < -0.39 is 6.09 Å². The largest absolute Gasteiger partial charge is 0.465 e. The van der Waals surface area contributed by atoms with E-state index in [1.165, 1.54) is 6.07 Å². The normalized spacial score (nSPS) is 10.8. The van der Waals surface area contributed by atoms with Gasteiger partial charge in [0.15, 0.2) is 5.43 Å². The lowest BCUT2D eigenvalue weighted by Gasteiger charge is -2.04. The first-order valence-electron chi connectivity index (χ1n) is 8.12. The van der Waals surface area contributed by atoms with Crippen LogP contribution in [0, 0.1) is 0 Å². The Kier molecular flexibility index (Phi) is 4.13. The molecule has 134 valence electrons. The number of aromatic nitrogens is 3. The Labute approximate surface area is 152 Å². The van der Waals surface area contributed by atoms with E-state index in [1.807, 2.05) is 30.3 Å². The Morgan fingerprint density at radius 1 is 1.15 bits per heavy atom. The molecule has 0 aliphatic heterocycles. The lowest BCUT2D eigenvalue weighted by atomic mass is 10.1. The smallest absolute Gasteiger partial charge is 0.405 e. The third-order valence-electron chi connectivity index (χ3n) is 4.00. The number of fused-ring (bicyclic) bond motifs is 1. The molecule has 4 rings (SSSR count). The minimum Gasteiger partial charge on any atom is -0.465 e. The van der Waals surface area contributed by atoms with Crippen LogP contribution in [0.5, 0.6) is 0 Å². The Morgan fingerprint density at radius 2 is 1.96 bits per heavy atom. The van der Waals surface area contributed by atoms with Gasteiger partial charge in [0.05, 0.1) is 23.8 Å². The molecule has 0 bridgehead atoms. The molecule has 0 unspecified atom stereocenters. The van der Waals surface area contributed by atoms with Crippen LogP contribution in [0.25, 0.3) is 27.9 Å². The van der Waals surface area contributed by atoms with Crippen molar-refractivity contribution in [2.45, 2.75) is 6.54 Å². The molecule has 4 aromatic rings. The Hall–Kier alpha value is -3.94. The number of nitrogens with zero attached hydrogens (tertiary/aromatic N) is 3. The number of carbonyl (C=O) groups is 1. The fourth-order valence-corrected chi connectivity index (χ4v) is 2.72. The van der Waals surface area contributed by atoms with E-state index >= 15 is 0 Å². The van der Waals surface area contributed by atoms with Crippen LogP contribution < -0.4 is 10.7 Å². The number of rotatable bonds is 4. The maximum Gasteiger partial charge on any atom is 0.405 e. The van der Waals surface area contributed by atoms with E-state index in [0.29, 0.717) is 16.7 Å². The maximum atomic E-state index is 12.2. The summed E-state index contributed by atoms with van der Waals surface area (Å²) in [5, 5.41) is 19.6. The predicted octanol–water partition coefficient (Wildman–Crippen LogP) is 2.81. The van der Waals surface area contributed by atoms with Crippen molar-refractivity contribution in [3.05, 3.63) is 76.8 Å². The second-order valence-electron chi connectivity index (χ2n) is 5.83. The quantitative estimate of drug-likeness (QED) is 0.578. The van der Waals surface area contributed by atoms with E-state index in [2.05, 4.69) is 15.6 Å². The summed E-state index contributed by atoms with van der Waals surface area (Å²) in [7, 11) is 0. The van der Waals surface area contributed by atoms with Crippen LogP contribution in [0.2, 0.25) is 0 Å². The highest BCUT2D eigenvalue weighted by Crippen LogP contribution is 2.22. The number of para-hydroxylation sites is 1. The Balaban J connectivity index is 1.71. The molecule has 8 heteroatoms. The molecule has 0 aliphatic carbocycles. The van der Waals surface area contributed by atoms with E-state index in [1.54, 1.807) is 29.1 Å². The lowest BCUT2D eigenvalue weighted by molar-refractivity contribution is 0.193. The van der Waals surface area contributed by atoms with Crippen LogP contribution >= 0.6 is 0 Å². The second kappa shape index (κ2) is 6.75. The summed E-state index contributed by atoms with van der Waals surface area (Å²) in [6, 6.07) is 16.0. The van der Waals surface area contributed by atoms with Gasteiger partial charge in [-0.3, -0.25) is 4.79 Å². The lowest BCUT2D eigenvalue weighted by Crippen LogP contribution is -2.20. The second-order valence-corrected chi connectivity index (χ2v) is 5.83. The first-order valence-corrected chi connectivity index (χ1v) is 8.12. The molecule has 2 N–H and O–H groups in total. The zero-order valence-electron chi connectivity index (χ0n) is 14.0. The topological polar surface area (TPSA) is 110 Å². The fourth-order valence-electron chi connectivity index (χ4n) is 2.72. The van der Waals surface area contributed by atoms with Crippen molar-refractivity contribution in [2.75, 3.05) is 0 Å². The van der Waals surface area contributed by atoms with Gasteiger partial charge in [-0.2, -0.15) is 0 Å². The monoisotopic (exact) mass is 362 g/mol. The molecule has 0 radical (unpaired) electrons. The van der Waals surface area contributed by atoms with Gasteiger partial charge in [-0.05, 0) is 24.3 Å². The number of amides is 1. The molecular formula is C19H14N4O4. The van der Waals surface area contributed by atoms with E-state index in [4.69, 9.17) is 9.52 Å². The van der Waals surface area contributed by atoms with Crippen molar-refractivity contribution in [1.82, 2.24) is 20.3 Å². The van der Waals surface area contributed by atoms with Gasteiger partial charge in [0.2, 0.25) is 0 Å². The third kappa shape index (κ3) is 3.40. The van der Waals surface area contributed by atoms with Gasteiger partial charge in [0.1, 0.15) is 17.0 Å². The maximum absolute atomic E-state index is 12.2. The van der Waals surface area contributed by atoms with Crippen molar-refractivity contribution in [2.24, 2.45) is 0 Å². The van der Waals surface area contributed by atoms with Crippen LogP contribution in [0.15, 0.2) is 70.0 Å². The first-order chi connectivity index (χ1) is 13.1. The van der Waals surface area contributed by atoms with Crippen molar-refractivity contribution in [3.63, 3.8) is 0 Å². The summed E-state index contributed by atoms with van der Waals surface area (Å²) >= 11 is 0. The molecule has 0 fully saturated rings. The molecule has 2 aromatic carbocycles. The zero-order valence-corrected chi connectivity index (χ0v) is 14.0. The molecule has 27 heavy (non-hydrogen) atoms. The summed E-state index contributed by atoms with van der Waals surface area (Å²) in [5.41, 5.74) is 2.36. The van der Waals surface area contributed by atoms with Crippen molar-refractivity contribution in [1.29, 1.82) is 0 Å².